The molecule has 0 spiro atoms. The monoisotopic (exact) mass is 302 g/mol. The van der Waals surface area contributed by atoms with Crippen molar-refractivity contribution in [1.29, 1.82) is 0 Å². The maximum Gasteiger partial charge on any atom is 0.238 e. The Labute approximate surface area is 129 Å². The average Bonchev–Trinajstić information content (AvgIpc) is 2.54. The number of carbonyl (C=O) groups excluding carboxylic acids is 1. The van der Waals surface area contributed by atoms with Crippen molar-refractivity contribution in [3.63, 3.8) is 0 Å². The Hall–Kier alpha value is -2.40. The number of carbonyl (C=O) groups is 1. The third kappa shape index (κ3) is 4.56. The number of hydrogen-bond donors (Lipinski definition) is 2. The van der Waals surface area contributed by atoms with Crippen molar-refractivity contribution in [2.24, 2.45) is 0 Å². The van der Waals surface area contributed by atoms with Crippen LogP contribution in [0.2, 0.25) is 0 Å². The van der Waals surface area contributed by atoms with E-state index in [1.807, 2.05) is 24.3 Å². The fraction of sp³-hybridized carbons (Fsp3) is 0.235. The first-order valence-corrected chi connectivity index (χ1v) is 7.07. The molecule has 0 heterocycles. The van der Waals surface area contributed by atoms with Gasteiger partial charge in [-0.2, -0.15) is 0 Å². The molecule has 0 aliphatic heterocycles. The Morgan fingerprint density at radius 1 is 1.14 bits per heavy atom. The highest BCUT2D eigenvalue weighted by Gasteiger charge is 2.06. The van der Waals surface area contributed by atoms with Gasteiger partial charge in [0.25, 0.3) is 0 Å². The van der Waals surface area contributed by atoms with Crippen molar-refractivity contribution < 1.29 is 13.9 Å². The Kier molecular flexibility index (Phi) is 5.91. The summed E-state index contributed by atoms with van der Waals surface area (Å²) in [5, 5.41) is 5.56. The van der Waals surface area contributed by atoms with Crippen LogP contribution in [0.25, 0.3) is 0 Å². The second-order valence-electron chi connectivity index (χ2n) is 4.77. The summed E-state index contributed by atoms with van der Waals surface area (Å²) in [4.78, 5) is 11.7. The van der Waals surface area contributed by atoms with Crippen molar-refractivity contribution in [2.75, 3.05) is 25.5 Å². The van der Waals surface area contributed by atoms with Gasteiger partial charge in [0, 0.05) is 0 Å². The number of para-hydroxylation sites is 2. The molecule has 0 aromatic heterocycles. The molecule has 0 atom stereocenters. The van der Waals surface area contributed by atoms with Gasteiger partial charge >= 0.3 is 0 Å². The second kappa shape index (κ2) is 8.14. The molecule has 0 saturated carbocycles. The second-order valence-corrected chi connectivity index (χ2v) is 4.77. The van der Waals surface area contributed by atoms with Crippen molar-refractivity contribution in [2.45, 2.75) is 6.42 Å². The molecule has 2 rings (SSSR count). The molecule has 0 radical (unpaired) electrons. The Morgan fingerprint density at radius 3 is 2.64 bits per heavy atom. The number of ether oxygens (including phenoxy) is 1. The van der Waals surface area contributed by atoms with Crippen LogP contribution in [0.5, 0.6) is 5.75 Å². The van der Waals surface area contributed by atoms with Crippen LogP contribution in [0.4, 0.5) is 10.1 Å². The topological polar surface area (TPSA) is 50.4 Å². The lowest BCUT2D eigenvalue weighted by Gasteiger charge is -2.09. The predicted molar refractivity (Wildman–Crippen MR) is 84.6 cm³/mol. The van der Waals surface area contributed by atoms with Gasteiger partial charge in [0.05, 0.1) is 19.3 Å². The zero-order chi connectivity index (χ0) is 15.8. The van der Waals surface area contributed by atoms with E-state index in [0.29, 0.717) is 6.54 Å². The third-order valence-corrected chi connectivity index (χ3v) is 3.20. The minimum absolute atomic E-state index is 0.128. The lowest BCUT2D eigenvalue weighted by Crippen LogP contribution is -2.29. The highest BCUT2D eigenvalue weighted by Crippen LogP contribution is 2.17. The lowest BCUT2D eigenvalue weighted by molar-refractivity contribution is -0.115. The van der Waals surface area contributed by atoms with Gasteiger partial charge in [-0.3, -0.25) is 4.79 Å². The first kappa shape index (κ1) is 16.0. The lowest BCUT2D eigenvalue weighted by atomic mass is 10.1. The molecule has 0 fully saturated rings. The van der Waals surface area contributed by atoms with Crippen LogP contribution in [0, 0.1) is 5.82 Å². The van der Waals surface area contributed by atoms with Gasteiger partial charge in [-0.15, -0.1) is 0 Å². The maximum absolute atomic E-state index is 13.4. The number of benzene rings is 2. The van der Waals surface area contributed by atoms with Crippen LogP contribution in [0.1, 0.15) is 5.56 Å². The van der Waals surface area contributed by atoms with E-state index in [0.717, 1.165) is 17.7 Å². The highest BCUT2D eigenvalue weighted by atomic mass is 19.1. The SMILES string of the molecule is COc1ccccc1CCNCC(=O)Nc1ccccc1F. The fourth-order valence-electron chi connectivity index (χ4n) is 2.09. The molecule has 1 amide bonds. The molecule has 22 heavy (non-hydrogen) atoms. The smallest absolute Gasteiger partial charge is 0.238 e. The van der Waals surface area contributed by atoms with E-state index in [1.54, 1.807) is 19.2 Å². The van der Waals surface area contributed by atoms with Gasteiger partial charge in [0.1, 0.15) is 11.6 Å². The van der Waals surface area contributed by atoms with Crippen LogP contribution >= 0.6 is 0 Å². The minimum atomic E-state index is -0.440. The fourth-order valence-corrected chi connectivity index (χ4v) is 2.09. The van der Waals surface area contributed by atoms with Gasteiger partial charge in [-0.05, 0) is 36.7 Å². The average molecular weight is 302 g/mol. The molecule has 2 N–H and O–H groups in total. The summed E-state index contributed by atoms with van der Waals surface area (Å²) in [5.41, 5.74) is 1.27. The zero-order valence-electron chi connectivity index (χ0n) is 12.4. The molecule has 2 aromatic carbocycles. The van der Waals surface area contributed by atoms with Crippen molar-refractivity contribution >= 4 is 11.6 Å². The van der Waals surface area contributed by atoms with E-state index in [2.05, 4.69) is 10.6 Å². The Balaban J connectivity index is 1.75. The molecule has 5 heteroatoms. The van der Waals surface area contributed by atoms with Crippen LogP contribution < -0.4 is 15.4 Å². The molecule has 4 nitrogen and oxygen atoms in total. The van der Waals surface area contributed by atoms with Gasteiger partial charge < -0.3 is 15.4 Å². The molecule has 0 aliphatic rings. The van der Waals surface area contributed by atoms with Crippen LogP contribution in [-0.2, 0) is 11.2 Å². The Bertz CT molecular complexity index is 632. The summed E-state index contributed by atoms with van der Waals surface area (Å²) in [6.07, 6.45) is 0.747. The summed E-state index contributed by atoms with van der Waals surface area (Å²) in [5.74, 6) is 0.120. The molecule has 0 saturated heterocycles. The molecule has 0 unspecified atom stereocenters. The van der Waals surface area contributed by atoms with E-state index in [1.165, 1.54) is 12.1 Å². The van der Waals surface area contributed by atoms with Gasteiger partial charge in [0.2, 0.25) is 5.91 Å². The summed E-state index contributed by atoms with van der Waals surface area (Å²) in [7, 11) is 1.63. The highest BCUT2D eigenvalue weighted by molar-refractivity contribution is 5.92. The number of anilines is 1. The predicted octanol–water partition coefficient (Wildman–Crippen LogP) is 2.61. The van der Waals surface area contributed by atoms with Gasteiger partial charge in [-0.25, -0.2) is 4.39 Å². The number of methoxy groups -OCH3 is 1. The number of halogens is 1. The first-order valence-electron chi connectivity index (χ1n) is 7.07. The van der Waals surface area contributed by atoms with E-state index in [9.17, 15) is 9.18 Å². The summed E-state index contributed by atoms with van der Waals surface area (Å²) in [6, 6.07) is 13.8. The quantitative estimate of drug-likeness (QED) is 0.773. The summed E-state index contributed by atoms with van der Waals surface area (Å²) >= 11 is 0. The van der Waals surface area contributed by atoms with Gasteiger partial charge in [-0.1, -0.05) is 30.3 Å². The number of amides is 1. The first-order chi connectivity index (χ1) is 10.7. The van der Waals surface area contributed by atoms with Crippen molar-refractivity contribution in [1.82, 2.24) is 5.32 Å². The van der Waals surface area contributed by atoms with Crippen LogP contribution in [0.15, 0.2) is 48.5 Å². The molecular formula is C17H19FN2O2. The summed E-state index contributed by atoms with van der Waals surface area (Å²) < 4.78 is 18.7. The normalized spacial score (nSPS) is 10.3. The standard InChI is InChI=1S/C17H19FN2O2/c1-22-16-9-5-2-6-13(16)10-11-19-12-17(21)20-15-8-4-3-7-14(15)18/h2-9,19H,10-12H2,1H3,(H,20,21). The molecule has 0 aliphatic carbocycles. The maximum atomic E-state index is 13.4. The van der Waals surface area contributed by atoms with Crippen LogP contribution in [0.3, 0.4) is 0 Å². The van der Waals surface area contributed by atoms with Crippen molar-refractivity contribution in [3.8, 4) is 5.75 Å². The largest absolute Gasteiger partial charge is 0.496 e. The van der Waals surface area contributed by atoms with Gasteiger partial charge in [0.15, 0.2) is 0 Å². The molecule has 116 valence electrons. The molecule has 0 bridgehead atoms. The van der Waals surface area contributed by atoms with Crippen molar-refractivity contribution in [3.05, 3.63) is 59.9 Å². The van der Waals surface area contributed by atoms with E-state index in [-0.39, 0.29) is 18.1 Å². The Morgan fingerprint density at radius 2 is 1.86 bits per heavy atom. The minimum Gasteiger partial charge on any atom is -0.496 e. The summed E-state index contributed by atoms with van der Waals surface area (Å²) in [6.45, 7) is 0.758. The third-order valence-electron chi connectivity index (χ3n) is 3.20. The van der Waals surface area contributed by atoms with Crippen LogP contribution in [-0.4, -0.2) is 26.1 Å². The number of hydrogen-bond acceptors (Lipinski definition) is 3. The molecular weight excluding hydrogens is 283 g/mol. The zero-order valence-corrected chi connectivity index (χ0v) is 12.4. The van der Waals surface area contributed by atoms with E-state index >= 15 is 0 Å². The molecule has 2 aromatic rings. The van der Waals surface area contributed by atoms with E-state index < -0.39 is 5.82 Å². The number of rotatable bonds is 7. The van der Waals surface area contributed by atoms with E-state index in [4.69, 9.17) is 4.74 Å². The number of nitrogens with one attached hydrogen (secondary N) is 2.